The van der Waals surface area contributed by atoms with Crippen molar-refractivity contribution in [3.05, 3.63) is 63.5 Å². The first-order valence-electron chi connectivity index (χ1n) is 10.0. The highest BCUT2D eigenvalue weighted by Gasteiger charge is 2.28. The summed E-state index contributed by atoms with van der Waals surface area (Å²) in [5.41, 5.74) is 3.19. The van der Waals surface area contributed by atoms with Crippen LogP contribution in [0.2, 0.25) is 5.02 Å². The molecule has 0 unspecified atom stereocenters. The molecule has 0 saturated carbocycles. The number of hydrogen-bond donors (Lipinski definition) is 0. The van der Waals surface area contributed by atoms with Gasteiger partial charge in [-0.15, -0.1) is 0 Å². The van der Waals surface area contributed by atoms with Crippen LogP contribution in [0.1, 0.15) is 18.1 Å². The summed E-state index contributed by atoms with van der Waals surface area (Å²) in [6.07, 6.45) is 1.89. The zero-order valence-corrected chi connectivity index (χ0v) is 18.7. The van der Waals surface area contributed by atoms with Gasteiger partial charge in [-0.2, -0.15) is 4.99 Å². The third-order valence-electron chi connectivity index (χ3n) is 5.17. The maximum absolute atomic E-state index is 12.4. The Morgan fingerprint density at radius 3 is 2.47 bits per heavy atom. The third kappa shape index (κ3) is 4.65. The fourth-order valence-corrected chi connectivity index (χ4v) is 4.59. The second-order valence-electron chi connectivity index (χ2n) is 7.22. The van der Waals surface area contributed by atoms with E-state index in [4.69, 9.17) is 16.3 Å². The Morgan fingerprint density at radius 1 is 1.10 bits per heavy atom. The fraction of sp³-hybridized carbons (Fsp3) is 0.304. The molecule has 1 fully saturated rings. The van der Waals surface area contributed by atoms with Crippen LogP contribution >= 0.6 is 23.4 Å². The number of amides is 1. The van der Waals surface area contributed by atoms with E-state index in [9.17, 15) is 4.79 Å². The molecule has 1 amide bonds. The second kappa shape index (κ2) is 9.14. The molecule has 0 N–H and O–H groups in total. The lowest BCUT2D eigenvalue weighted by Crippen LogP contribution is -2.47. The molecule has 2 heterocycles. The van der Waals surface area contributed by atoms with Crippen molar-refractivity contribution in [2.24, 2.45) is 4.99 Å². The molecule has 0 aliphatic carbocycles. The van der Waals surface area contributed by atoms with E-state index in [1.54, 1.807) is 0 Å². The first-order chi connectivity index (χ1) is 14.5. The topological polar surface area (TPSA) is 45.1 Å². The number of hydrogen-bond acceptors (Lipinski definition) is 5. The number of rotatable bonds is 4. The molecule has 7 heteroatoms. The number of benzene rings is 2. The molecule has 0 bridgehead atoms. The summed E-state index contributed by atoms with van der Waals surface area (Å²) in [5.74, 6) is 0.659. The molecule has 156 valence electrons. The van der Waals surface area contributed by atoms with Crippen LogP contribution in [0.4, 0.5) is 5.69 Å². The number of halogens is 1. The summed E-state index contributed by atoms with van der Waals surface area (Å²) in [4.78, 5) is 21.9. The number of carbonyl (C=O) groups is 1. The molecule has 30 heavy (non-hydrogen) atoms. The molecule has 1 saturated heterocycles. The van der Waals surface area contributed by atoms with E-state index in [1.807, 2.05) is 50.3 Å². The van der Waals surface area contributed by atoms with Gasteiger partial charge >= 0.3 is 0 Å². The van der Waals surface area contributed by atoms with Crippen molar-refractivity contribution in [1.82, 2.24) is 4.90 Å². The Balaban J connectivity index is 1.37. The Kier molecular flexibility index (Phi) is 6.35. The number of nitrogens with zero attached hydrogens (tertiary/aromatic N) is 3. The van der Waals surface area contributed by atoms with Gasteiger partial charge in [-0.05, 0) is 67.1 Å². The van der Waals surface area contributed by atoms with Gasteiger partial charge in [0.1, 0.15) is 5.75 Å². The van der Waals surface area contributed by atoms with Crippen molar-refractivity contribution in [3.8, 4) is 5.75 Å². The second-order valence-corrected chi connectivity index (χ2v) is 8.64. The van der Waals surface area contributed by atoms with Crippen LogP contribution in [0, 0.1) is 6.92 Å². The Bertz CT molecular complexity index is 996. The summed E-state index contributed by atoms with van der Waals surface area (Å²) < 4.78 is 5.47. The number of piperazine rings is 1. The number of aliphatic imine (C=N–C) groups is 1. The molecule has 0 atom stereocenters. The lowest BCUT2D eigenvalue weighted by atomic mass is 10.2. The minimum atomic E-state index is -0.170. The van der Waals surface area contributed by atoms with E-state index in [0.717, 1.165) is 58.9 Å². The predicted molar refractivity (Wildman–Crippen MR) is 126 cm³/mol. The minimum absolute atomic E-state index is 0.170. The predicted octanol–water partition coefficient (Wildman–Crippen LogP) is 4.84. The van der Waals surface area contributed by atoms with Crippen LogP contribution in [0.15, 0.2) is 52.4 Å². The van der Waals surface area contributed by atoms with Crippen LogP contribution in [0.3, 0.4) is 0 Å². The van der Waals surface area contributed by atoms with Crippen LogP contribution in [0.25, 0.3) is 6.08 Å². The van der Waals surface area contributed by atoms with Crippen LogP contribution in [-0.2, 0) is 4.79 Å². The van der Waals surface area contributed by atoms with Gasteiger partial charge in [0.05, 0.1) is 11.5 Å². The van der Waals surface area contributed by atoms with Crippen molar-refractivity contribution < 1.29 is 9.53 Å². The molecular weight excluding hydrogens is 418 g/mol. The van der Waals surface area contributed by atoms with Gasteiger partial charge in [0, 0.05) is 36.9 Å². The van der Waals surface area contributed by atoms with E-state index in [2.05, 4.69) is 26.9 Å². The van der Waals surface area contributed by atoms with E-state index in [-0.39, 0.29) is 5.91 Å². The first-order valence-corrected chi connectivity index (χ1v) is 11.2. The van der Waals surface area contributed by atoms with Crippen molar-refractivity contribution in [3.63, 3.8) is 0 Å². The summed E-state index contributed by atoms with van der Waals surface area (Å²) in [7, 11) is 0. The maximum Gasteiger partial charge on any atom is 0.286 e. The summed E-state index contributed by atoms with van der Waals surface area (Å²) in [6.45, 7) is 7.97. The Labute approximate surface area is 186 Å². The van der Waals surface area contributed by atoms with E-state index in [1.165, 1.54) is 11.8 Å². The van der Waals surface area contributed by atoms with Gasteiger partial charge in [0.2, 0.25) is 0 Å². The number of ether oxygens (including phenoxy) is 1. The minimum Gasteiger partial charge on any atom is -0.494 e. The lowest BCUT2D eigenvalue weighted by Gasteiger charge is -2.36. The molecule has 0 aromatic heterocycles. The summed E-state index contributed by atoms with van der Waals surface area (Å²) in [6, 6.07) is 13.9. The average molecular weight is 442 g/mol. The summed E-state index contributed by atoms with van der Waals surface area (Å²) >= 11 is 7.73. The SMILES string of the molecule is CCOc1ccc(/C=C2/SC(N3CCN(c4ccc(C)c(Cl)c4)CC3)=NC2=O)cc1. The quantitative estimate of drug-likeness (QED) is 0.635. The zero-order valence-electron chi connectivity index (χ0n) is 17.1. The summed E-state index contributed by atoms with van der Waals surface area (Å²) in [5, 5.41) is 1.58. The molecule has 0 spiro atoms. The number of carbonyl (C=O) groups excluding carboxylic acids is 1. The average Bonchev–Trinajstić information content (AvgIpc) is 3.12. The lowest BCUT2D eigenvalue weighted by molar-refractivity contribution is -0.113. The van der Waals surface area contributed by atoms with Crippen LogP contribution in [-0.4, -0.2) is 48.8 Å². The molecule has 2 aliphatic heterocycles. The fourth-order valence-electron chi connectivity index (χ4n) is 3.45. The van der Waals surface area contributed by atoms with Crippen molar-refractivity contribution in [2.45, 2.75) is 13.8 Å². The van der Waals surface area contributed by atoms with Gasteiger partial charge in [0.25, 0.3) is 5.91 Å². The van der Waals surface area contributed by atoms with Gasteiger partial charge in [-0.3, -0.25) is 4.79 Å². The highest BCUT2D eigenvalue weighted by Crippen LogP contribution is 2.32. The molecule has 2 aromatic carbocycles. The maximum atomic E-state index is 12.4. The molecule has 2 aliphatic rings. The molecule has 4 rings (SSSR count). The van der Waals surface area contributed by atoms with Gasteiger partial charge in [-0.25, -0.2) is 0 Å². The first kappa shape index (κ1) is 20.8. The highest BCUT2D eigenvalue weighted by atomic mass is 35.5. The number of amidine groups is 1. The van der Waals surface area contributed by atoms with Crippen molar-refractivity contribution >= 4 is 46.2 Å². The third-order valence-corrected chi connectivity index (χ3v) is 6.62. The standard InChI is InChI=1S/C23H24ClN3O2S/c1-3-29-19-8-5-17(6-9-19)14-21-22(28)25-23(30-21)27-12-10-26(11-13-27)18-7-4-16(2)20(24)15-18/h4-9,14-15H,3,10-13H2,1-2H3/b21-14+. The van der Waals surface area contributed by atoms with E-state index < -0.39 is 0 Å². The smallest absolute Gasteiger partial charge is 0.286 e. The number of anilines is 1. The van der Waals surface area contributed by atoms with Crippen molar-refractivity contribution in [2.75, 3.05) is 37.7 Å². The molecule has 2 aromatic rings. The molecule has 0 radical (unpaired) electrons. The van der Waals surface area contributed by atoms with E-state index >= 15 is 0 Å². The normalized spacial score (nSPS) is 18.2. The van der Waals surface area contributed by atoms with Crippen LogP contribution in [0.5, 0.6) is 5.75 Å². The van der Waals surface area contributed by atoms with Gasteiger partial charge < -0.3 is 14.5 Å². The zero-order chi connectivity index (χ0) is 21.1. The molecular formula is C23H24ClN3O2S. The van der Waals surface area contributed by atoms with Crippen LogP contribution < -0.4 is 9.64 Å². The Hall–Kier alpha value is -2.44. The van der Waals surface area contributed by atoms with Crippen molar-refractivity contribution in [1.29, 1.82) is 0 Å². The highest BCUT2D eigenvalue weighted by molar-refractivity contribution is 8.18. The largest absolute Gasteiger partial charge is 0.494 e. The number of aryl methyl sites for hydroxylation is 1. The number of thioether (sulfide) groups is 1. The van der Waals surface area contributed by atoms with Gasteiger partial charge in [-0.1, -0.05) is 29.8 Å². The molecule has 5 nitrogen and oxygen atoms in total. The van der Waals surface area contributed by atoms with E-state index in [0.29, 0.717) is 11.5 Å². The Morgan fingerprint density at radius 2 is 1.80 bits per heavy atom. The monoisotopic (exact) mass is 441 g/mol. The van der Waals surface area contributed by atoms with Gasteiger partial charge in [0.15, 0.2) is 5.17 Å².